The third kappa shape index (κ3) is 9.62. The van der Waals surface area contributed by atoms with Gasteiger partial charge >= 0.3 is 0 Å². The molecule has 0 bridgehead atoms. The van der Waals surface area contributed by atoms with Crippen LogP contribution in [-0.2, 0) is 0 Å². The molecule has 0 aromatic rings. The molecular formula is C12H24O. The molecule has 1 N–H and O–H groups in total. The summed E-state index contributed by atoms with van der Waals surface area (Å²) in [6, 6.07) is 0. The Morgan fingerprint density at radius 2 is 1.85 bits per heavy atom. The van der Waals surface area contributed by atoms with Crippen LogP contribution < -0.4 is 0 Å². The van der Waals surface area contributed by atoms with Gasteiger partial charge in [0.1, 0.15) is 0 Å². The van der Waals surface area contributed by atoms with Gasteiger partial charge in [-0.3, -0.25) is 0 Å². The lowest BCUT2D eigenvalue weighted by molar-refractivity contribution is 0.156. The van der Waals surface area contributed by atoms with Gasteiger partial charge in [0.25, 0.3) is 0 Å². The second kappa shape index (κ2) is 9.79. The summed E-state index contributed by atoms with van der Waals surface area (Å²) in [4.78, 5) is 0. The number of rotatable bonds is 8. The molecule has 1 unspecified atom stereocenters. The van der Waals surface area contributed by atoms with Gasteiger partial charge in [0.2, 0.25) is 0 Å². The molecule has 0 radical (unpaired) electrons. The maximum absolute atomic E-state index is 9.29. The molecule has 0 spiro atoms. The Kier molecular flexibility index (Phi) is 9.56. The standard InChI is InChI=1S/C12H24O/c1-3-5-6-7-8-9-10-11-12(13)4-2/h3,5,12-13H,4,6-11H2,1-2H3. The summed E-state index contributed by atoms with van der Waals surface area (Å²) in [5.41, 5.74) is 0. The van der Waals surface area contributed by atoms with Crippen LogP contribution in [0, 0.1) is 0 Å². The number of hydrogen-bond acceptors (Lipinski definition) is 1. The number of aliphatic hydroxyl groups is 1. The van der Waals surface area contributed by atoms with E-state index in [0.29, 0.717) is 0 Å². The van der Waals surface area contributed by atoms with E-state index >= 15 is 0 Å². The summed E-state index contributed by atoms with van der Waals surface area (Å²) in [5.74, 6) is 0. The first-order chi connectivity index (χ1) is 6.31. The average Bonchev–Trinajstić information content (AvgIpc) is 2.16. The lowest BCUT2D eigenvalue weighted by atomic mass is 10.1. The van der Waals surface area contributed by atoms with E-state index in [-0.39, 0.29) is 6.10 Å². The highest BCUT2D eigenvalue weighted by atomic mass is 16.3. The smallest absolute Gasteiger partial charge is 0.0537 e. The first-order valence-corrected chi connectivity index (χ1v) is 5.60. The van der Waals surface area contributed by atoms with Crippen molar-refractivity contribution in [1.82, 2.24) is 0 Å². The van der Waals surface area contributed by atoms with E-state index in [4.69, 9.17) is 0 Å². The molecule has 0 fully saturated rings. The van der Waals surface area contributed by atoms with Crippen molar-refractivity contribution < 1.29 is 5.11 Å². The van der Waals surface area contributed by atoms with Crippen molar-refractivity contribution in [2.24, 2.45) is 0 Å². The van der Waals surface area contributed by atoms with Crippen LogP contribution >= 0.6 is 0 Å². The molecule has 1 heteroatoms. The van der Waals surface area contributed by atoms with Crippen LogP contribution in [0.3, 0.4) is 0 Å². The molecule has 0 saturated heterocycles. The molecule has 0 amide bonds. The van der Waals surface area contributed by atoms with Crippen LogP contribution in [0.25, 0.3) is 0 Å². The molecule has 0 aliphatic carbocycles. The Hall–Kier alpha value is -0.300. The highest BCUT2D eigenvalue weighted by Crippen LogP contribution is 2.09. The molecule has 0 rings (SSSR count). The van der Waals surface area contributed by atoms with Crippen molar-refractivity contribution in [2.45, 2.75) is 64.9 Å². The van der Waals surface area contributed by atoms with Crippen LogP contribution in [0.2, 0.25) is 0 Å². The van der Waals surface area contributed by atoms with E-state index in [1.54, 1.807) is 0 Å². The van der Waals surface area contributed by atoms with Gasteiger partial charge in [-0.15, -0.1) is 0 Å². The third-order valence-corrected chi connectivity index (χ3v) is 2.37. The van der Waals surface area contributed by atoms with Crippen LogP contribution in [0.5, 0.6) is 0 Å². The summed E-state index contributed by atoms with van der Waals surface area (Å²) in [7, 11) is 0. The highest BCUT2D eigenvalue weighted by Gasteiger charge is 1.98. The third-order valence-electron chi connectivity index (χ3n) is 2.37. The van der Waals surface area contributed by atoms with Gasteiger partial charge in [-0.25, -0.2) is 0 Å². The fourth-order valence-corrected chi connectivity index (χ4v) is 1.37. The molecule has 78 valence electrons. The summed E-state index contributed by atoms with van der Waals surface area (Å²) in [6.07, 6.45) is 12.4. The molecular weight excluding hydrogens is 160 g/mol. The van der Waals surface area contributed by atoms with Crippen molar-refractivity contribution in [3.05, 3.63) is 12.2 Å². The molecule has 13 heavy (non-hydrogen) atoms. The van der Waals surface area contributed by atoms with E-state index in [2.05, 4.69) is 19.1 Å². The van der Waals surface area contributed by atoms with Crippen LogP contribution in [0.1, 0.15) is 58.8 Å². The van der Waals surface area contributed by atoms with Crippen LogP contribution in [-0.4, -0.2) is 11.2 Å². The topological polar surface area (TPSA) is 20.2 Å². The van der Waals surface area contributed by atoms with E-state index in [1.807, 2.05) is 6.92 Å². The largest absolute Gasteiger partial charge is 0.393 e. The minimum atomic E-state index is -0.0597. The average molecular weight is 184 g/mol. The summed E-state index contributed by atoms with van der Waals surface area (Å²) >= 11 is 0. The monoisotopic (exact) mass is 184 g/mol. The fourth-order valence-electron chi connectivity index (χ4n) is 1.37. The van der Waals surface area contributed by atoms with Crippen molar-refractivity contribution in [3.8, 4) is 0 Å². The maximum atomic E-state index is 9.29. The summed E-state index contributed by atoms with van der Waals surface area (Å²) < 4.78 is 0. The number of unbranched alkanes of at least 4 members (excludes halogenated alkanes) is 4. The Morgan fingerprint density at radius 3 is 2.46 bits per heavy atom. The van der Waals surface area contributed by atoms with E-state index in [0.717, 1.165) is 12.8 Å². The molecule has 0 saturated carbocycles. The Balaban J connectivity index is 2.99. The van der Waals surface area contributed by atoms with Gasteiger partial charge in [0, 0.05) is 0 Å². The first kappa shape index (κ1) is 12.7. The van der Waals surface area contributed by atoms with Gasteiger partial charge in [-0.05, 0) is 32.6 Å². The lowest BCUT2D eigenvalue weighted by Gasteiger charge is -2.06. The van der Waals surface area contributed by atoms with Gasteiger partial charge in [-0.2, -0.15) is 0 Å². The molecule has 0 aromatic carbocycles. The summed E-state index contributed by atoms with van der Waals surface area (Å²) in [5, 5.41) is 9.29. The lowest BCUT2D eigenvalue weighted by Crippen LogP contribution is -2.03. The Bertz CT molecular complexity index is 118. The Morgan fingerprint density at radius 1 is 1.15 bits per heavy atom. The van der Waals surface area contributed by atoms with Crippen molar-refractivity contribution in [2.75, 3.05) is 0 Å². The minimum absolute atomic E-state index is 0.0597. The van der Waals surface area contributed by atoms with Crippen LogP contribution in [0.4, 0.5) is 0 Å². The minimum Gasteiger partial charge on any atom is -0.393 e. The molecule has 0 heterocycles. The summed E-state index contributed by atoms with van der Waals surface area (Å²) in [6.45, 7) is 4.11. The van der Waals surface area contributed by atoms with Gasteiger partial charge < -0.3 is 5.11 Å². The zero-order valence-electron chi connectivity index (χ0n) is 9.13. The second-order valence-electron chi connectivity index (χ2n) is 3.62. The van der Waals surface area contributed by atoms with Crippen molar-refractivity contribution >= 4 is 0 Å². The van der Waals surface area contributed by atoms with Crippen molar-refractivity contribution in [1.29, 1.82) is 0 Å². The van der Waals surface area contributed by atoms with Gasteiger partial charge in [-0.1, -0.05) is 38.3 Å². The number of aliphatic hydroxyl groups excluding tert-OH is 1. The van der Waals surface area contributed by atoms with Gasteiger partial charge in [0.15, 0.2) is 0 Å². The number of hydrogen-bond donors (Lipinski definition) is 1. The normalized spacial score (nSPS) is 13.8. The predicted octanol–water partition coefficient (Wildman–Crippen LogP) is 3.67. The van der Waals surface area contributed by atoms with E-state index < -0.39 is 0 Å². The van der Waals surface area contributed by atoms with E-state index in [9.17, 15) is 5.11 Å². The quantitative estimate of drug-likeness (QED) is 0.451. The SMILES string of the molecule is CC=CCCCCCCC(O)CC. The highest BCUT2D eigenvalue weighted by molar-refractivity contribution is 4.76. The molecule has 1 nitrogen and oxygen atoms in total. The molecule has 1 atom stereocenters. The first-order valence-electron chi connectivity index (χ1n) is 5.60. The maximum Gasteiger partial charge on any atom is 0.0537 e. The van der Waals surface area contributed by atoms with Crippen LogP contribution in [0.15, 0.2) is 12.2 Å². The zero-order chi connectivity index (χ0) is 9.94. The van der Waals surface area contributed by atoms with Crippen molar-refractivity contribution in [3.63, 3.8) is 0 Å². The van der Waals surface area contributed by atoms with E-state index in [1.165, 1.54) is 32.1 Å². The predicted molar refractivity (Wildman–Crippen MR) is 58.8 cm³/mol. The molecule has 0 aliphatic rings. The fraction of sp³-hybridized carbons (Fsp3) is 0.833. The van der Waals surface area contributed by atoms with Gasteiger partial charge in [0.05, 0.1) is 6.10 Å². The molecule has 0 aliphatic heterocycles. The molecule has 0 aromatic heterocycles. The zero-order valence-corrected chi connectivity index (χ0v) is 9.13. The second-order valence-corrected chi connectivity index (χ2v) is 3.62. The Labute approximate surface area is 82.9 Å². The number of allylic oxidation sites excluding steroid dienone is 2.